The van der Waals surface area contributed by atoms with Crippen LogP contribution in [0.4, 0.5) is 0 Å². The number of pyridine rings is 1. The molecular formula is C23H23NO3. The molecule has 138 valence electrons. The first-order valence-electron chi connectivity index (χ1n) is 9.06. The average Bonchev–Trinajstić information content (AvgIpc) is 2.74. The minimum atomic E-state index is -0.725. The Balaban J connectivity index is 1.87. The summed E-state index contributed by atoms with van der Waals surface area (Å²) in [7, 11) is 0. The van der Waals surface area contributed by atoms with Crippen molar-refractivity contribution in [3.8, 4) is 0 Å². The van der Waals surface area contributed by atoms with E-state index in [0.717, 1.165) is 16.7 Å². The minimum absolute atomic E-state index is 0.173. The van der Waals surface area contributed by atoms with Gasteiger partial charge in [-0.1, -0.05) is 66.7 Å². The molecule has 0 aliphatic heterocycles. The Labute approximate surface area is 159 Å². The number of hydrogen-bond acceptors (Lipinski definition) is 4. The van der Waals surface area contributed by atoms with Crippen LogP contribution in [0.25, 0.3) is 0 Å². The Hall–Kier alpha value is -2.98. The normalized spacial score (nSPS) is 11.9. The molecule has 3 rings (SSSR count). The first-order valence-corrected chi connectivity index (χ1v) is 9.06. The maximum Gasteiger partial charge on any atom is 0.336 e. The highest BCUT2D eigenvalue weighted by molar-refractivity contribution is 5.77. The second-order valence-corrected chi connectivity index (χ2v) is 6.14. The van der Waals surface area contributed by atoms with Crippen LogP contribution in [0.3, 0.4) is 0 Å². The van der Waals surface area contributed by atoms with Crippen LogP contribution in [0, 0.1) is 0 Å². The van der Waals surface area contributed by atoms with Crippen molar-refractivity contribution in [1.29, 1.82) is 0 Å². The highest BCUT2D eigenvalue weighted by Crippen LogP contribution is 2.30. The van der Waals surface area contributed by atoms with Crippen LogP contribution in [0.15, 0.2) is 85.2 Å². The zero-order valence-electron chi connectivity index (χ0n) is 15.3. The molecule has 0 aliphatic carbocycles. The van der Waals surface area contributed by atoms with Crippen LogP contribution < -0.4 is 0 Å². The fourth-order valence-corrected chi connectivity index (χ4v) is 3.06. The first-order chi connectivity index (χ1) is 13.3. The number of ether oxygens (including phenoxy) is 2. The van der Waals surface area contributed by atoms with Gasteiger partial charge in [-0.15, -0.1) is 0 Å². The third kappa shape index (κ3) is 5.02. The predicted molar refractivity (Wildman–Crippen MR) is 104 cm³/mol. The highest BCUT2D eigenvalue weighted by atomic mass is 16.6. The van der Waals surface area contributed by atoms with Crippen LogP contribution >= 0.6 is 0 Å². The largest absolute Gasteiger partial charge is 0.459 e. The van der Waals surface area contributed by atoms with Gasteiger partial charge in [0.2, 0.25) is 0 Å². The molecule has 0 saturated heterocycles. The molecular weight excluding hydrogens is 338 g/mol. The Morgan fingerprint density at radius 3 is 2.07 bits per heavy atom. The molecule has 0 fully saturated rings. The lowest BCUT2D eigenvalue weighted by Crippen LogP contribution is -2.33. The molecule has 2 aromatic carbocycles. The highest BCUT2D eigenvalue weighted by Gasteiger charge is 2.33. The number of carbonyl (C=O) groups excluding carboxylic acids is 1. The maximum atomic E-state index is 12.9. The van der Waals surface area contributed by atoms with Crippen molar-refractivity contribution in [2.45, 2.75) is 25.6 Å². The van der Waals surface area contributed by atoms with Crippen LogP contribution in [0.1, 0.15) is 29.5 Å². The van der Waals surface area contributed by atoms with Crippen molar-refractivity contribution in [3.05, 3.63) is 102 Å². The summed E-state index contributed by atoms with van der Waals surface area (Å²) in [5.74, 6) is -0.618. The molecule has 1 heterocycles. The zero-order chi connectivity index (χ0) is 18.9. The monoisotopic (exact) mass is 361 g/mol. The number of esters is 1. The molecule has 1 atom stereocenters. The Kier molecular flexibility index (Phi) is 6.72. The van der Waals surface area contributed by atoms with E-state index in [9.17, 15) is 4.79 Å². The number of nitrogens with zero attached hydrogens (tertiary/aromatic N) is 1. The predicted octanol–water partition coefficient (Wildman–Crippen LogP) is 4.36. The van der Waals surface area contributed by atoms with Gasteiger partial charge in [-0.3, -0.25) is 4.98 Å². The Morgan fingerprint density at radius 2 is 1.56 bits per heavy atom. The molecule has 0 bridgehead atoms. The molecule has 0 aliphatic rings. The lowest BCUT2D eigenvalue weighted by molar-refractivity contribution is -0.159. The number of benzene rings is 2. The Bertz CT molecular complexity index is 783. The molecule has 4 heteroatoms. The van der Waals surface area contributed by atoms with Crippen LogP contribution in [-0.4, -0.2) is 23.7 Å². The summed E-state index contributed by atoms with van der Waals surface area (Å²) >= 11 is 0. The number of aromatic nitrogens is 1. The molecule has 0 saturated carbocycles. The summed E-state index contributed by atoms with van der Waals surface area (Å²) in [5.41, 5.74) is 2.87. The van der Waals surface area contributed by atoms with Crippen LogP contribution in [-0.2, 0) is 20.9 Å². The molecule has 4 nitrogen and oxygen atoms in total. The second kappa shape index (κ2) is 9.64. The molecule has 1 aromatic heterocycles. The fraction of sp³-hybridized carbons (Fsp3) is 0.217. The van der Waals surface area contributed by atoms with Gasteiger partial charge in [-0.2, -0.15) is 0 Å². The van der Waals surface area contributed by atoms with Gasteiger partial charge in [-0.05, 0) is 24.1 Å². The molecule has 3 aromatic rings. The van der Waals surface area contributed by atoms with Crippen molar-refractivity contribution in [3.63, 3.8) is 0 Å². The van der Waals surface area contributed by atoms with Gasteiger partial charge in [-0.25, -0.2) is 4.79 Å². The van der Waals surface area contributed by atoms with Gasteiger partial charge >= 0.3 is 5.97 Å². The van der Waals surface area contributed by atoms with Gasteiger partial charge < -0.3 is 9.47 Å². The lowest BCUT2D eigenvalue weighted by Gasteiger charge is -2.26. The van der Waals surface area contributed by atoms with E-state index in [-0.39, 0.29) is 18.5 Å². The quantitative estimate of drug-likeness (QED) is 0.559. The van der Waals surface area contributed by atoms with Gasteiger partial charge in [0.15, 0.2) is 6.10 Å². The van der Waals surface area contributed by atoms with Gasteiger partial charge in [0.25, 0.3) is 0 Å². The van der Waals surface area contributed by atoms with Gasteiger partial charge in [0, 0.05) is 30.5 Å². The van der Waals surface area contributed by atoms with Crippen molar-refractivity contribution in [2.24, 2.45) is 0 Å². The summed E-state index contributed by atoms with van der Waals surface area (Å²) in [6.07, 6.45) is 2.65. The van der Waals surface area contributed by atoms with Crippen molar-refractivity contribution in [1.82, 2.24) is 4.98 Å². The molecule has 0 amide bonds. The van der Waals surface area contributed by atoms with Crippen molar-refractivity contribution < 1.29 is 14.3 Å². The summed E-state index contributed by atoms with van der Waals surface area (Å²) in [6, 6.07) is 23.5. The summed E-state index contributed by atoms with van der Waals surface area (Å²) in [6.45, 7) is 2.48. The maximum absolute atomic E-state index is 12.9. The third-order valence-electron chi connectivity index (χ3n) is 4.30. The van der Waals surface area contributed by atoms with E-state index in [2.05, 4.69) is 4.98 Å². The smallest absolute Gasteiger partial charge is 0.336 e. The Morgan fingerprint density at radius 1 is 0.926 bits per heavy atom. The molecule has 27 heavy (non-hydrogen) atoms. The average molecular weight is 361 g/mol. The van der Waals surface area contributed by atoms with Crippen molar-refractivity contribution >= 4 is 5.97 Å². The van der Waals surface area contributed by atoms with Crippen LogP contribution in [0.5, 0.6) is 0 Å². The SMILES string of the molecule is CCOC(C(=O)OCc1cccnc1)C(c1ccccc1)c1ccccc1. The summed E-state index contributed by atoms with van der Waals surface area (Å²) < 4.78 is 11.4. The minimum Gasteiger partial charge on any atom is -0.459 e. The van der Waals surface area contributed by atoms with E-state index < -0.39 is 6.10 Å². The molecule has 0 spiro atoms. The summed E-state index contributed by atoms with van der Waals surface area (Å²) in [5, 5.41) is 0. The van der Waals surface area contributed by atoms with Gasteiger partial charge in [0.1, 0.15) is 6.61 Å². The molecule has 0 N–H and O–H groups in total. The van der Waals surface area contributed by atoms with E-state index in [0.29, 0.717) is 6.61 Å². The van der Waals surface area contributed by atoms with E-state index in [1.807, 2.05) is 79.7 Å². The fourth-order valence-electron chi connectivity index (χ4n) is 3.06. The second-order valence-electron chi connectivity index (χ2n) is 6.14. The zero-order valence-corrected chi connectivity index (χ0v) is 15.3. The molecule has 1 unspecified atom stereocenters. The summed E-state index contributed by atoms with van der Waals surface area (Å²) in [4.78, 5) is 17.0. The number of hydrogen-bond donors (Lipinski definition) is 0. The molecule has 0 radical (unpaired) electrons. The van der Waals surface area contributed by atoms with E-state index in [4.69, 9.17) is 9.47 Å². The van der Waals surface area contributed by atoms with E-state index in [1.165, 1.54) is 0 Å². The van der Waals surface area contributed by atoms with E-state index in [1.54, 1.807) is 12.4 Å². The standard InChI is InChI=1S/C23H23NO3/c1-2-26-22(23(25)27-17-18-10-9-15-24-16-18)21(19-11-5-3-6-12-19)20-13-7-4-8-14-20/h3-16,21-22H,2,17H2,1H3. The number of rotatable bonds is 8. The van der Waals surface area contributed by atoms with Crippen molar-refractivity contribution in [2.75, 3.05) is 6.61 Å². The van der Waals surface area contributed by atoms with Gasteiger partial charge in [0.05, 0.1) is 0 Å². The third-order valence-corrected chi connectivity index (χ3v) is 4.30. The van der Waals surface area contributed by atoms with Crippen LogP contribution in [0.2, 0.25) is 0 Å². The topological polar surface area (TPSA) is 48.4 Å². The van der Waals surface area contributed by atoms with E-state index >= 15 is 0 Å². The first kappa shape index (κ1) is 18.8. The lowest BCUT2D eigenvalue weighted by atomic mass is 9.86. The number of carbonyl (C=O) groups is 1.